The van der Waals surface area contributed by atoms with Crippen molar-refractivity contribution in [2.75, 3.05) is 27.2 Å². The lowest BCUT2D eigenvalue weighted by Gasteiger charge is -2.32. The fourth-order valence-corrected chi connectivity index (χ4v) is 4.36. The van der Waals surface area contributed by atoms with Crippen LogP contribution < -0.4 is 0 Å². The number of rotatable bonds is 3. The lowest BCUT2D eigenvalue weighted by molar-refractivity contribution is -0.134. The van der Waals surface area contributed by atoms with Crippen LogP contribution >= 0.6 is 23.4 Å². The summed E-state index contributed by atoms with van der Waals surface area (Å²) in [5.74, 6) is -0.486. The molecule has 0 spiro atoms. The molecule has 0 aliphatic carbocycles. The Morgan fingerprint density at radius 3 is 2.65 bits per heavy atom. The quantitative estimate of drug-likeness (QED) is 0.785. The summed E-state index contributed by atoms with van der Waals surface area (Å²) in [5, 5.41) is 0.561. The molecule has 0 saturated carbocycles. The van der Waals surface area contributed by atoms with E-state index in [1.807, 2.05) is 6.07 Å². The van der Waals surface area contributed by atoms with Crippen LogP contribution in [0.1, 0.15) is 30.7 Å². The van der Waals surface area contributed by atoms with E-state index in [1.165, 1.54) is 16.7 Å². The SMILES string of the molecule is CN(C)C(=O)OC1CCN(C(=O)CC2C(=O)Sc3ccc(Cl)cc32)CC1. The Balaban J connectivity index is 1.56. The maximum Gasteiger partial charge on any atom is 0.409 e. The Bertz CT molecular complexity index is 732. The maximum absolute atomic E-state index is 12.6. The van der Waals surface area contributed by atoms with Gasteiger partial charge in [0.2, 0.25) is 11.0 Å². The summed E-state index contributed by atoms with van der Waals surface area (Å²) in [5.41, 5.74) is 0.843. The van der Waals surface area contributed by atoms with Crippen molar-refractivity contribution in [2.24, 2.45) is 0 Å². The normalized spacial score (nSPS) is 20.0. The van der Waals surface area contributed by atoms with Gasteiger partial charge in [0.1, 0.15) is 6.10 Å². The summed E-state index contributed by atoms with van der Waals surface area (Å²) in [6, 6.07) is 5.36. The van der Waals surface area contributed by atoms with Crippen LogP contribution in [0.3, 0.4) is 0 Å². The fraction of sp³-hybridized carbons (Fsp3) is 0.500. The molecule has 3 rings (SSSR count). The molecule has 1 aromatic carbocycles. The van der Waals surface area contributed by atoms with E-state index in [1.54, 1.807) is 31.1 Å². The van der Waals surface area contributed by atoms with Crippen LogP contribution in [0.5, 0.6) is 0 Å². The first-order valence-corrected chi connectivity index (χ1v) is 9.71. The van der Waals surface area contributed by atoms with E-state index in [2.05, 4.69) is 0 Å². The van der Waals surface area contributed by atoms with Crippen molar-refractivity contribution >= 4 is 40.5 Å². The van der Waals surface area contributed by atoms with Crippen molar-refractivity contribution in [1.82, 2.24) is 9.80 Å². The number of hydrogen-bond acceptors (Lipinski definition) is 5. The molecule has 1 aromatic rings. The smallest absolute Gasteiger partial charge is 0.409 e. The molecule has 8 heteroatoms. The first kappa shape index (κ1) is 19.0. The van der Waals surface area contributed by atoms with Crippen LogP contribution in [0.4, 0.5) is 4.79 Å². The third kappa shape index (κ3) is 4.15. The summed E-state index contributed by atoms with van der Waals surface area (Å²) in [4.78, 5) is 40.6. The van der Waals surface area contributed by atoms with Crippen molar-refractivity contribution in [3.63, 3.8) is 0 Å². The van der Waals surface area contributed by atoms with Gasteiger partial charge in [-0.3, -0.25) is 9.59 Å². The first-order valence-electron chi connectivity index (χ1n) is 8.52. The maximum atomic E-state index is 12.6. The van der Waals surface area contributed by atoms with Crippen molar-refractivity contribution in [3.05, 3.63) is 28.8 Å². The van der Waals surface area contributed by atoms with E-state index in [-0.39, 0.29) is 29.6 Å². The summed E-state index contributed by atoms with van der Waals surface area (Å²) in [7, 11) is 3.28. The van der Waals surface area contributed by atoms with E-state index in [0.29, 0.717) is 31.0 Å². The van der Waals surface area contributed by atoms with Gasteiger partial charge in [0, 0.05) is 56.4 Å². The minimum atomic E-state index is -0.439. The van der Waals surface area contributed by atoms with Gasteiger partial charge in [-0.25, -0.2) is 4.79 Å². The van der Waals surface area contributed by atoms with Crippen molar-refractivity contribution < 1.29 is 19.1 Å². The molecule has 2 heterocycles. The number of likely N-dealkylation sites (tertiary alicyclic amines) is 1. The number of carbonyl (C=O) groups is 3. The Labute approximate surface area is 161 Å². The zero-order valence-electron chi connectivity index (χ0n) is 14.7. The number of nitrogens with zero attached hydrogens (tertiary/aromatic N) is 2. The van der Waals surface area contributed by atoms with Gasteiger partial charge in [-0.15, -0.1) is 0 Å². The van der Waals surface area contributed by atoms with E-state index in [0.717, 1.165) is 10.5 Å². The highest BCUT2D eigenvalue weighted by Crippen LogP contribution is 2.43. The molecule has 140 valence electrons. The van der Waals surface area contributed by atoms with E-state index >= 15 is 0 Å². The molecule has 0 radical (unpaired) electrons. The second-order valence-corrected chi connectivity index (χ2v) is 8.20. The Kier molecular flexibility index (Phi) is 5.77. The van der Waals surface area contributed by atoms with Crippen molar-refractivity contribution in [2.45, 2.75) is 36.2 Å². The van der Waals surface area contributed by atoms with Gasteiger partial charge in [0.15, 0.2) is 0 Å². The molecule has 0 bridgehead atoms. The molecule has 2 aliphatic rings. The van der Waals surface area contributed by atoms with Crippen LogP contribution in [-0.4, -0.2) is 60.2 Å². The number of halogens is 1. The van der Waals surface area contributed by atoms with Gasteiger partial charge in [-0.2, -0.15) is 0 Å². The third-order valence-electron chi connectivity index (χ3n) is 4.65. The first-order chi connectivity index (χ1) is 12.3. The summed E-state index contributed by atoms with van der Waals surface area (Å²) in [6.45, 7) is 1.06. The number of thioether (sulfide) groups is 1. The highest BCUT2D eigenvalue weighted by atomic mass is 35.5. The number of ether oxygens (including phenoxy) is 1. The highest BCUT2D eigenvalue weighted by molar-refractivity contribution is 8.14. The second-order valence-electron chi connectivity index (χ2n) is 6.72. The molecule has 1 unspecified atom stereocenters. The topological polar surface area (TPSA) is 66.9 Å². The highest BCUT2D eigenvalue weighted by Gasteiger charge is 2.35. The molecule has 2 amide bonds. The van der Waals surface area contributed by atoms with Crippen LogP contribution in [-0.2, 0) is 14.3 Å². The number of hydrogen-bond donors (Lipinski definition) is 0. The number of carbonyl (C=O) groups excluding carboxylic acids is 3. The number of amides is 2. The van der Waals surface area contributed by atoms with Gasteiger partial charge in [0.25, 0.3) is 0 Å². The number of fused-ring (bicyclic) bond motifs is 1. The molecule has 0 aromatic heterocycles. The zero-order valence-corrected chi connectivity index (χ0v) is 16.3. The number of piperidine rings is 1. The van der Waals surface area contributed by atoms with Crippen LogP contribution in [0, 0.1) is 0 Å². The van der Waals surface area contributed by atoms with Crippen molar-refractivity contribution in [3.8, 4) is 0 Å². The van der Waals surface area contributed by atoms with E-state index < -0.39 is 5.92 Å². The Hall–Kier alpha value is -1.73. The van der Waals surface area contributed by atoms with Gasteiger partial charge in [-0.05, 0) is 23.8 Å². The number of benzene rings is 1. The lowest BCUT2D eigenvalue weighted by atomic mass is 9.96. The average Bonchev–Trinajstić information content (AvgIpc) is 2.90. The minimum Gasteiger partial charge on any atom is -0.446 e. The van der Waals surface area contributed by atoms with Crippen molar-refractivity contribution in [1.29, 1.82) is 0 Å². The molecular formula is C18H21ClN2O4S. The minimum absolute atomic E-state index is 0.00887. The Morgan fingerprint density at radius 1 is 1.31 bits per heavy atom. The zero-order chi connectivity index (χ0) is 18.8. The fourth-order valence-electron chi connectivity index (χ4n) is 3.16. The lowest BCUT2D eigenvalue weighted by Crippen LogP contribution is -2.42. The van der Waals surface area contributed by atoms with E-state index in [9.17, 15) is 14.4 Å². The summed E-state index contributed by atoms with van der Waals surface area (Å²) < 4.78 is 5.37. The molecular weight excluding hydrogens is 376 g/mol. The predicted octanol–water partition coefficient (Wildman–Crippen LogP) is 3.14. The summed E-state index contributed by atoms with van der Waals surface area (Å²) >= 11 is 7.22. The molecule has 1 fully saturated rings. The monoisotopic (exact) mass is 396 g/mol. The largest absolute Gasteiger partial charge is 0.446 e. The van der Waals surface area contributed by atoms with Gasteiger partial charge in [0.05, 0.1) is 5.92 Å². The molecule has 1 saturated heterocycles. The summed E-state index contributed by atoms with van der Waals surface area (Å²) in [6.07, 6.45) is 0.845. The van der Waals surface area contributed by atoms with Gasteiger partial charge < -0.3 is 14.5 Å². The molecule has 2 aliphatic heterocycles. The Morgan fingerprint density at radius 2 is 2.00 bits per heavy atom. The molecule has 6 nitrogen and oxygen atoms in total. The molecule has 0 N–H and O–H groups in total. The van der Waals surface area contributed by atoms with E-state index in [4.69, 9.17) is 16.3 Å². The van der Waals surface area contributed by atoms with Crippen LogP contribution in [0.25, 0.3) is 0 Å². The standard InChI is InChI=1S/C18H21ClN2O4S/c1-20(2)18(24)25-12-5-7-21(8-6-12)16(22)10-14-13-9-11(19)3-4-15(13)26-17(14)23/h3-4,9,12,14H,5-8,10H2,1-2H3. The van der Waals surface area contributed by atoms with Gasteiger partial charge in [-0.1, -0.05) is 23.4 Å². The van der Waals surface area contributed by atoms with Gasteiger partial charge >= 0.3 is 6.09 Å². The second kappa shape index (κ2) is 7.88. The van der Waals surface area contributed by atoms with Crippen LogP contribution in [0.2, 0.25) is 5.02 Å². The predicted molar refractivity (Wildman–Crippen MR) is 99.4 cm³/mol. The van der Waals surface area contributed by atoms with Crippen LogP contribution in [0.15, 0.2) is 23.1 Å². The average molecular weight is 397 g/mol. The third-order valence-corrected chi connectivity index (χ3v) is 5.96. The molecule has 26 heavy (non-hydrogen) atoms. The molecule has 1 atom stereocenters.